The van der Waals surface area contributed by atoms with Gasteiger partial charge in [-0.05, 0) is 56.2 Å². The van der Waals surface area contributed by atoms with Gasteiger partial charge in [-0.3, -0.25) is 0 Å². The van der Waals surface area contributed by atoms with E-state index < -0.39 is 0 Å². The number of likely N-dealkylation sites (N-methyl/N-ethyl adjacent to an activating group) is 1. The van der Waals surface area contributed by atoms with Crippen molar-refractivity contribution < 1.29 is 0 Å². The van der Waals surface area contributed by atoms with Gasteiger partial charge in [0.25, 0.3) is 0 Å². The predicted octanol–water partition coefficient (Wildman–Crippen LogP) is 3.59. The first kappa shape index (κ1) is 13.6. The molecule has 0 amide bonds. The van der Waals surface area contributed by atoms with E-state index in [1.807, 2.05) is 11.3 Å². The van der Waals surface area contributed by atoms with E-state index in [1.165, 1.54) is 51.5 Å². The minimum Gasteiger partial charge on any atom is -0.309 e. The Labute approximate surface area is 121 Å². The summed E-state index contributed by atoms with van der Waals surface area (Å²) >= 11 is 1.94. The van der Waals surface area contributed by atoms with Crippen LogP contribution in [0.15, 0.2) is 11.4 Å². The maximum Gasteiger partial charge on any atom is 0.0331 e. The van der Waals surface area contributed by atoms with Crippen LogP contribution in [0, 0.1) is 0 Å². The Balaban J connectivity index is 1.46. The van der Waals surface area contributed by atoms with Gasteiger partial charge in [-0.15, -0.1) is 11.3 Å². The lowest BCUT2D eigenvalue weighted by Gasteiger charge is -2.27. The molecule has 0 aromatic carbocycles. The van der Waals surface area contributed by atoms with Crippen molar-refractivity contribution in [2.24, 2.45) is 0 Å². The third-order valence-electron chi connectivity index (χ3n) is 4.86. The Morgan fingerprint density at radius 2 is 2.11 bits per heavy atom. The first-order valence-corrected chi connectivity index (χ1v) is 8.72. The summed E-state index contributed by atoms with van der Waals surface area (Å²) < 4.78 is 0. The molecule has 1 aromatic heterocycles. The molecule has 2 aliphatic carbocycles. The van der Waals surface area contributed by atoms with Gasteiger partial charge in [0.2, 0.25) is 0 Å². The normalized spacial score (nSPS) is 24.0. The molecule has 1 saturated carbocycles. The minimum absolute atomic E-state index is 0.618. The highest BCUT2D eigenvalue weighted by atomic mass is 32.1. The van der Waals surface area contributed by atoms with Crippen molar-refractivity contribution in [3.05, 3.63) is 21.9 Å². The SMILES string of the molecule is CN(CCNC1CCCc2sccc21)C1CCCC1. The average molecular weight is 278 g/mol. The van der Waals surface area contributed by atoms with E-state index in [2.05, 4.69) is 28.7 Å². The molecule has 19 heavy (non-hydrogen) atoms. The minimum atomic E-state index is 0.618. The standard InChI is InChI=1S/C16H26N2S/c1-18(13-5-2-3-6-13)11-10-17-15-7-4-8-16-14(15)9-12-19-16/h9,12-13,15,17H,2-8,10-11H2,1H3. The largest absolute Gasteiger partial charge is 0.309 e. The van der Waals surface area contributed by atoms with Gasteiger partial charge < -0.3 is 10.2 Å². The maximum absolute atomic E-state index is 3.78. The molecule has 0 aliphatic heterocycles. The van der Waals surface area contributed by atoms with E-state index >= 15 is 0 Å². The summed E-state index contributed by atoms with van der Waals surface area (Å²) in [5.41, 5.74) is 1.58. The highest BCUT2D eigenvalue weighted by Gasteiger charge is 2.22. The summed E-state index contributed by atoms with van der Waals surface area (Å²) in [4.78, 5) is 4.19. The third kappa shape index (κ3) is 3.21. The summed E-state index contributed by atoms with van der Waals surface area (Å²) in [6.07, 6.45) is 9.66. The number of nitrogens with one attached hydrogen (secondary N) is 1. The van der Waals surface area contributed by atoms with Gasteiger partial charge in [0, 0.05) is 30.1 Å². The van der Waals surface area contributed by atoms with E-state index in [-0.39, 0.29) is 0 Å². The van der Waals surface area contributed by atoms with Gasteiger partial charge in [0.15, 0.2) is 0 Å². The predicted molar refractivity (Wildman–Crippen MR) is 82.9 cm³/mol. The highest BCUT2D eigenvalue weighted by Crippen LogP contribution is 2.33. The number of hydrogen-bond donors (Lipinski definition) is 1. The second-order valence-electron chi connectivity index (χ2n) is 6.12. The molecule has 1 atom stereocenters. The molecule has 3 rings (SSSR count). The lowest BCUT2D eigenvalue weighted by atomic mass is 9.94. The first-order chi connectivity index (χ1) is 9.34. The molecule has 2 nitrogen and oxygen atoms in total. The van der Waals surface area contributed by atoms with Gasteiger partial charge in [0.05, 0.1) is 0 Å². The number of fused-ring (bicyclic) bond motifs is 1. The number of aryl methyl sites for hydroxylation is 1. The van der Waals surface area contributed by atoms with Crippen LogP contribution in [-0.2, 0) is 6.42 Å². The molecule has 0 spiro atoms. The van der Waals surface area contributed by atoms with Gasteiger partial charge in [-0.2, -0.15) is 0 Å². The third-order valence-corrected chi connectivity index (χ3v) is 5.85. The van der Waals surface area contributed by atoms with Crippen LogP contribution in [-0.4, -0.2) is 31.1 Å². The molecule has 1 aromatic rings. The molecule has 1 N–H and O–H groups in total. The van der Waals surface area contributed by atoms with Crippen LogP contribution in [0.25, 0.3) is 0 Å². The monoisotopic (exact) mass is 278 g/mol. The fraction of sp³-hybridized carbons (Fsp3) is 0.750. The van der Waals surface area contributed by atoms with E-state index in [4.69, 9.17) is 0 Å². The van der Waals surface area contributed by atoms with Crippen LogP contribution in [0.3, 0.4) is 0 Å². The zero-order valence-electron chi connectivity index (χ0n) is 12.0. The smallest absolute Gasteiger partial charge is 0.0331 e. The molecular formula is C16H26N2S. The maximum atomic E-state index is 3.78. The van der Waals surface area contributed by atoms with Crippen LogP contribution in [0.5, 0.6) is 0 Å². The number of rotatable bonds is 5. The van der Waals surface area contributed by atoms with E-state index in [0.717, 1.165) is 12.6 Å². The van der Waals surface area contributed by atoms with Crippen molar-refractivity contribution in [3.8, 4) is 0 Å². The summed E-state index contributed by atoms with van der Waals surface area (Å²) in [5, 5.41) is 6.04. The summed E-state index contributed by atoms with van der Waals surface area (Å²) in [6.45, 7) is 2.33. The molecule has 0 radical (unpaired) electrons. The second kappa shape index (κ2) is 6.38. The van der Waals surface area contributed by atoms with Crippen molar-refractivity contribution in [2.45, 2.75) is 57.0 Å². The van der Waals surface area contributed by atoms with Crippen molar-refractivity contribution in [2.75, 3.05) is 20.1 Å². The van der Waals surface area contributed by atoms with Gasteiger partial charge in [-0.25, -0.2) is 0 Å². The van der Waals surface area contributed by atoms with Crippen molar-refractivity contribution >= 4 is 11.3 Å². The zero-order valence-corrected chi connectivity index (χ0v) is 12.8. The lowest BCUT2D eigenvalue weighted by molar-refractivity contribution is 0.240. The molecule has 2 aliphatic rings. The Bertz CT molecular complexity index is 395. The van der Waals surface area contributed by atoms with Crippen LogP contribution in [0.2, 0.25) is 0 Å². The summed E-state index contributed by atoms with van der Waals surface area (Å²) in [7, 11) is 2.30. The van der Waals surface area contributed by atoms with E-state index in [0.29, 0.717) is 6.04 Å². The first-order valence-electron chi connectivity index (χ1n) is 7.84. The lowest BCUT2D eigenvalue weighted by Crippen LogP contribution is -2.37. The van der Waals surface area contributed by atoms with Crippen molar-refractivity contribution in [1.82, 2.24) is 10.2 Å². The van der Waals surface area contributed by atoms with Gasteiger partial charge in [-0.1, -0.05) is 12.8 Å². The Kier molecular flexibility index (Phi) is 4.57. The topological polar surface area (TPSA) is 15.3 Å². The molecule has 106 valence electrons. The van der Waals surface area contributed by atoms with Crippen LogP contribution < -0.4 is 5.32 Å². The number of hydrogen-bond acceptors (Lipinski definition) is 3. The molecule has 0 bridgehead atoms. The molecule has 1 unspecified atom stereocenters. The van der Waals surface area contributed by atoms with Crippen molar-refractivity contribution in [3.63, 3.8) is 0 Å². The van der Waals surface area contributed by atoms with Crippen molar-refractivity contribution in [1.29, 1.82) is 0 Å². The van der Waals surface area contributed by atoms with Gasteiger partial charge in [0.1, 0.15) is 0 Å². The van der Waals surface area contributed by atoms with E-state index in [1.54, 1.807) is 10.4 Å². The highest BCUT2D eigenvalue weighted by molar-refractivity contribution is 7.10. The Hall–Kier alpha value is -0.380. The fourth-order valence-electron chi connectivity index (χ4n) is 3.64. The van der Waals surface area contributed by atoms with Gasteiger partial charge >= 0.3 is 0 Å². The average Bonchev–Trinajstić information content (AvgIpc) is 3.10. The Morgan fingerprint density at radius 1 is 1.26 bits per heavy atom. The molecule has 1 heterocycles. The van der Waals surface area contributed by atoms with Crippen LogP contribution >= 0.6 is 11.3 Å². The molecule has 3 heteroatoms. The van der Waals surface area contributed by atoms with Crippen LogP contribution in [0.4, 0.5) is 0 Å². The molecule has 0 saturated heterocycles. The number of nitrogens with zero attached hydrogens (tertiary/aromatic N) is 1. The van der Waals surface area contributed by atoms with E-state index in [9.17, 15) is 0 Å². The Morgan fingerprint density at radius 3 is 2.95 bits per heavy atom. The molecular weight excluding hydrogens is 252 g/mol. The molecule has 1 fully saturated rings. The summed E-state index contributed by atoms with van der Waals surface area (Å²) in [5.74, 6) is 0. The van der Waals surface area contributed by atoms with Crippen LogP contribution in [0.1, 0.15) is 55.0 Å². The number of thiophene rings is 1. The zero-order chi connectivity index (χ0) is 13.1. The fourth-order valence-corrected chi connectivity index (χ4v) is 4.63. The quantitative estimate of drug-likeness (QED) is 0.885. The second-order valence-corrected chi connectivity index (χ2v) is 7.12. The summed E-state index contributed by atoms with van der Waals surface area (Å²) in [6, 6.07) is 3.80.